The highest BCUT2D eigenvalue weighted by Gasteiger charge is 2.25. The van der Waals surface area contributed by atoms with E-state index in [9.17, 15) is 8.42 Å². The van der Waals surface area contributed by atoms with Gasteiger partial charge in [0.25, 0.3) is 10.1 Å². The van der Waals surface area contributed by atoms with Gasteiger partial charge in [0.1, 0.15) is 0 Å². The molecule has 1 atom stereocenters. The minimum absolute atomic E-state index is 0.00463. The lowest BCUT2D eigenvalue weighted by molar-refractivity contribution is 0.482. The summed E-state index contributed by atoms with van der Waals surface area (Å²) >= 11 is 0. The van der Waals surface area contributed by atoms with Crippen molar-refractivity contribution >= 4 is 10.1 Å². The summed E-state index contributed by atoms with van der Waals surface area (Å²) in [6, 6.07) is 0.00463. The maximum Gasteiger partial charge on any atom is 0.266 e. The molecule has 0 amide bonds. The second kappa shape index (κ2) is 1.68. The summed E-state index contributed by atoms with van der Waals surface area (Å²) in [6.07, 6.45) is 0. The van der Waals surface area contributed by atoms with Gasteiger partial charge in [-0.3, -0.25) is 4.55 Å². The standard InChI is InChI=1S/C3H7NO3S/c5-8(6,7)2-3-1-4-3/h3-4H,1-2H2,(H,5,6,7). The SMILES string of the molecule is O=S(=O)(O)CC1CN1. The monoisotopic (exact) mass is 137 g/mol. The molecule has 0 radical (unpaired) electrons. The fourth-order valence-electron chi connectivity index (χ4n) is 0.455. The first kappa shape index (κ1) is 6.00. The Balaban J connectivity index is 2.38. The van der Waals surface area contributed by atoms with Gasteiger partial charge < -0.3 is 5.32 Å². The van der Waals surface area contributed by atoms with Gasteiger partial charge in [0.05, 0.1) is 5.75 Å². The predicted octanol–water partition coefficient (Wildman–Crippen LogP) is -1.15. The van der Waals surface area contributed by atoms with Crippen LogP contribution < -0.4 is 5.32 Å². The van der Waals surface area contributed by atoms with Crippen molar-refractivity contribution in [2.24, 2.45) is 0 Å². The van der Waals surface area contributed by atoms with E-state index in [0.29, 0.717) is 6.54 Å². The van der Waals surface area contributed by atoms with E-state index in [1.54, 1.807) is 0 Å². The molecule has 1 unspecified atom stereocenters. The highest BCUT2D eigenvalue weighted by Crippen LogP contribution is 1.98. The van der Waals surface area contributed by atoms with E-state index in [0.717, 1.165) is 0 Å². The topological polar surface area (TPSA) is 76.3 Å². The summed E-state index contributed by atoms with van der Waals surface area (Å²) in [5, 5.41) is 2.75. The van der Waals surface area contributed by atoms with E-state index in [1.807, 2.05) is 0 Å². The highest BCUT2D eigenvalue weighted by atomic mass is 32.2. The third-order valence-corrected chi connectivity index (χ3v) is 1.73. The van der Waals surface area contributed by atoms with Gasteiger partial charge in [-0.2, -0.15) is 8.42 Å². The van der Waals surface area contributed by atoms with Crippen LogP contribution in [0.3, 0.4) is 0 Å². The highest BCUT2D eigenvalue weighted by molar-refractivity contribution is 7.85. The van der Waals surface area contributed by atoms with Gasteiger partial charge in [-0.25, -0.2) is 0 Å². The first-order valence-corrected chi connectivity index (χ1v) is 3.87. The van der Waals surface area contributed by atoms with Crippen LogP contribution in [-0.4, -0.2) is 31.3 Å². The third-order valence-electron chi connectivity index (χ3n) is 0.905. The molecule has 1 aliphatic rings. The molecule has 48 valence electrons. The van der Waals surface area contributed by atoms with Crippen LogP contribution in [0.1, 0.15) is 0 Å². The number of rotatable bonds is 2. The fraction of sp³-hybridized carbons (Fsp3) is 1.00. The molecule has 0 bridgehead atoms. The summed E-state index contributed by atoms with van der Waals surface area (Å²) in [6.45, 7) is 0.708. The molecule has 1 aliphatic heterocycles. The zero-order valence-electron chi connectivity index (χ0n) is 4.16. The van der Waals surface area contributed by atoms with Crippen molar-refractivity contribution in [1.29, 1.82) is 0 Å². The largest absolute Gasteiger partial charge is 0.310 e. The Morgan fingerprint density at radius 3 is 2.38 bits per heavy atom. The second-order valence-corrected chi connectivity index (χ2v) is 3.35. The van der Waals surface area contributed by atoms with Gasteiger partial charge in [-0.15, -0.1) is 0 Å². The lowest BCUT2D eigenvalue weighted by Crippen LogP contribution is -2.11. The molecule has 1 heterocycles. The van der Waals surface area contributed by atoms with Crippen molar-refractivity contribution < 1.29 is 13.0 Å². The average Bonchev–Trinajstić information content (AvgIpc) is 2.12. The molecule has 0 spiro atoms. The van der Waals surface area contributed by atoms with Crippen molar-refractivity contribution in [2.45, 2.75) is 6.04 Å². The quantitative estimate of drug-likeness (QED) is 0.372. The minimum Gasteiger partial charge on any atom is -0.310 e. The Kier molecular flexibility index (Phi) is 1.26. The molecular formula is C3H7NO3S. The molecule has 0 aliphatic carbocycles. The van der Waals surface area contributed by atoms with Crippen molar-refractivity contribution in [3.05, 3.63) is 0 Å². The molecule has 5 heteroatoms. The van der Waals surface area contributed by atoms with Crippen molar-refractivity contribution in [3.63, 3.8) is 0 Å². The zero-order valence-corrected chi connectivity index (χ0v) is 4.98. The number of hydrogen-bond donors (Lipinski definition) is 2. The van der Waals surface area contributed by atoms with Crippen LogP contribution in [0.25, 0.3) is 0 Å². The number of nitrogens with one attached hydrogen (secondary N) is 1. The van der Waals surface area contributed by atoms with Crippen LogP contribution >= 0.6 is 0 Å². The molecule has 1 fully saturated rings. The van der Waals surface area contributed by atoms with E-state index in [1.165, 1.54) is 0 Å². The molecule has 0 aromatic heterocycles. The smallest absolute Gasteiger partial charge is 0.266 e. The van der Waals surface area contributed by atoms with E-state index < -0.39 is 10.1 Å². The van der Waals surface area contributed by atoms with E-state index in [-0.39, 0.29) is 11.8 Å². The Labute approximate surface area is 47.6 Å². The molecule has 0 aromatic rings. The summed E-state index contributed by atoms with van der Waals surface area (Å²) in [5.41, 5.74) is 0. The Morgan fingerprint density at radius 1 is 1.75 bits per heavy atom. The van der Waals surface area contributed by atoms with Crippen LogP contribution in [0.5, 0.6) is 0 Å². The van der Waals surface area contributed by atoms with Crippen LogP contribution in [0, 0.1) is 0 Å². The minimum atomic E-state index is -3.72. The van der Waals surface area contributed by atoms with Gasteiger partial charge in [0.15, 0.2) is 0 Å². The summed E-state index contributed by atoms with van der Waals surface area (Å²) in [5.74, 6) is -0.146. The van der Waals surface area contributed by atoms with Crippen LogP contribution in [0.15, 0.2) is 0 Å². The van der Waals surface area contributed by atoms with Gasteiger partial charge in [0.2, 0.25) is 0 Å². The van der Waals surface area contributed by atoms with Crippen LogP contribution in [0.4, 0.5) is 0 Å². The summed E-state index contributed by atoms with van der Waals surface area (Å²) < 4.78 is 28.2. The van der Waals surface area contributed by atoms with E-state index in [2.05, 4.69) is 5.32 Å². The molecule has 1 rings (SSSR count). The third kappa shape index (κ3) is 2.25. The maximum absolute atomic E-state index is 10.00. The Hall–Kier alpha value is -0.130. The molecule has 4 nitrogen and oxygen atoms in total. The molecule has 0 aromatic carbocycles. The lowest BCUT2D eigenvalue weighted by atomic mass is 10.6. The average molecular weight is 137 g/mol. The van der Waals surface area contributed by atoms with Gasteiger partial charge in [0, 0.05) is 12.6 Å². The van der Waals surface area contributed by atoms with Crippen molar-refractivity contribution in [1.82, 2.24) is 5.32 Å². The fourth-order valence-corrected chi connectivity index (χ4v) is 1.20. The molecular weight excluding hydrogens is 130 g/mol. The molecule has 1 saturated heterocycles. The maximum atomic E-state index is 10.00. The predicted molar refractivity (Wildman–Crippen MR) is 28.2 cm³/mol. The lowest BCUT2D eigenvalue weighted by Gasteiger charge is -1.87. The van der Waals surface area contributed by atoms with Gasteiger partial charge >= 0.3 is 0 Å². The molecule has 8 heavy (non-hydrogen) atoms. The zero-order chi connectivity index (χ0) is 6.20. The first-order chi connectivity index (χ1) is 3.58. The molecule has 2 N–H and O–H groups in total. The van der Waals surface area contributed by atoms with Gasteiger partial charge in [-0.1, -0.05) is 0 Å². The first-order valence-electron chi connectivity index (χ1n) is 2.26. The van der Waals surface area contributed by atoms with Crippen molar-refractivity contribution in [3.8, 4) is 0 Å². The summed E-state index contributed by atoms with van der Waals surface area (Å²) in [4.78, 5) is 0. The summed E-state index contributed by atoms with van der Waals surface area (Å²) in [7, 11) is -3.72. The van der Waals surface area contributed by atoms with Gasteiger partial charge in [-0.05, 0) is 0 Å². The normalized spacial score (nSPS) is 27.9. The van der Waals surface area contributed by atoms with E-state index in [4.69, 9.17) is 4.55 Å². The van der Waals surface area contributed by atoms with Crippen molar-refractivity contribution in [2.75, 3.05) is 12.3 Å². The van der Waals surface area contributed by atoms with Crippen LogP contribution in [-0.2, 0) is 10.1 Å². The van der Waals surface area contributed by atoms with E-state index >= 15 is 0 Å². The molecule has 0 saturated carbocycles. The Bertz CT molecular complexity index is 169. The second-order valence-electron chi connectivity index (χ2n) is 1.85. The number of hydrogen-bond acceptors (Lipinski definition) is 3. The van der Waals surface area contributed by atoms with Crippen LogP contribution in [0.2, 0.25) is 0 Å². The Morgan fingerprint density at radius 2 is 2.25 bits per heavy atom.